The molecule has 4 nitrogen and oxygen atoms in total. The number of benzene rings is 2. The van der Waals surface area contributed by atoms with Crippen molar-refractivity contribution in [2.45, 2.75) is 32.6 Å². The predicted molar refractivity (Wildman–Crippen MR) is 121 cm³/mol. The van der Waals surface area contributed by atoms with Gasteiger partial charge in [-0.1, -0.05) is 74.8 Å². The molecule has 0 saturated carbocycles. The maximum Gasteiger partial charge on any atom is 0.165 e. The summed E-state index contributed by atoms with van der Waals surface area (Å²) in [5.41, 5.74) is 5.17. The minimum absolute atomic E-state index is 0.0703. The van der Waals surface area contributed by atoms with Gasteiger partial charge in [0.2, 0.25) is 0 Å². The number of fused-ring (bicyclic) bond motifs is 1. The van der Waals surface area contributed by atoms with E-state index in [4.69, 9.17) is 16.6 Å². The zero-order valence-electron chi connectivity index (χ0n) is 17.0. The molecule has 0 bridgehead atoms. The fraction of sp³-hybridized carbons (Fsp3) is 0.250. The molecule has 4 aromatic rings. The van der Waals surface area contributed by atoms with Crippen molar-refractivity contribution in [2.75, 3.05) is 11.9 Å². The highest BCUT2D eigenvalue weighted by Crippen LogP contribution is 2.30. The second-order valence-electron chi connectivity index (χ2n) is 8.24. The predicted octanol–water partition coefficient (Wildman–Crippen LogP) is 6.00. The third-order valence-electron chi connectivity index (χ3n) is 4.96. The fourth-order valence-corrected chi connectivity index (χ4v) is 3.41. The maximum absolute atomic E-state index is 6.06. The van der Waals surface area contributed by atoms with E-state index in [1.165, 1.54) is 5.56 Å². The van der Waals surface area contributed by atoms with E-state index in [0.717, 1.165) is 46.3 Å². The monoisotopic (exact) mass is 404 g/mol. The minimum Gasteiger partial charge on any atom is -0.370 e. The number of anilines is 1. The fourth-order valence-electron chi connectivity index (χ4n) is 3.29. The third kappa shape index (κ3) is 4.28. The molecule has 148 valence electrons. The van der Waals surface area contributed by atoms with Crippen LogP contribution in [0.5, 0.6) is 0 Å². The van der Waals surface area contributed by atoms with Gasteiger partial charge in [0, 0.05) is 28.6 Å². The Kier molecular flexibility index (Phi) is 5.29. The first-order chi connectivity index (χ1) is 13.9. The average molecular weight is 405 g/mol. The SMILES string of the molecule is CC(C)(C)c1cc(NCCc2ccccc2)n2ncc(-c3ccc(Cl)cc3)c2n1. The molecule has 2 aromatic heterocycles. The smallest absolute Gasteiger partial charge is 0.165 e. The third-order valence-corrected chi connectivity index (χ3v) is 5.21. The van der Waals surface area contributed by atoms with Gasteiger partial charge in [-0.05, 0) is 29.7 Å². The van der Waals surface area contributed by atoms with Gasteiger partial charge in [-0.2, -0.15) is 9.61 Å². The Balaban J connectivity index is 1.72. The highest BCUT2D eigenvalue weighted by molar-refractivity contribution is 6.30. The lowest BCUT2D eigenvalue weighted by atomic mass is 9.92. The zero-order valence-corrected chi connectivity index (χ0v) is 17.7. The Morgan fingerprint density at radius 1 is 1.00 bits per heavy atom. The van der Waals surface area contributed by atoms with E-state index < -0.39 is 0 Å². The number of nitrogens with zero attached hydrogens (tertiary/aromatic N) is 3. The van der Waals surface area contributed by atoms with Crippen LogP contribution in [0.15, 0.2) is 66.9 Å². The summed E-state index contributed by atoms with van der Waals surface area (Å²) in [5, 5.41) is 8.91. The molecule has 0 unspecified atom stereocenters. The average Bonchev–Trinajstić information content (AvgIpc) is 3.13. The van der Waals surface area contributed by atoms with Crippen molar-refractivity contribution in [2.24, 2.45) is 0 Å². The number of hydrogen-bond donors (Lipinski definition) is 1. The highest BCUT2D eigenvalue weighted by atomic mass is 35.5. The van der Waals surface area contributed by atoms with E-state index in [2.05, 4.69) is 61.5 Å². The summed E-state index contributed by atoms with van der Waals surface area (Å²) in [6.45, 7) is 7.36. The molecule has 0 amide bonds. The zero-order chi connectivity index (χ0) is 20.4. The van der Waals surface area contributed by atoms with Crippen molar-refractivity contribution in [3.63, 3.8) is 0 Å². The lowest BCUT2D eigenvalue weighted by Crippen LogP contribution is -2.17. The van der Waals surface area contributed by atoms with Crippen molar-refractivity contribution in [3.8, 4) is 11.1 Å². The first kappa shape index (κ1) is 19.5. The molecule has 2 aromatic carbocycles. The number of rotatable bonds is 5. The molecule has 0 atom stereocenters. The molecule has 0 fully saturated rings. The Bertz CT molecular complexity index is 1110. The Labute approximate surface area is 176 Å². The summed E-state index contributed by atoms with van der Waals surface area (Å²) >= 11 is 6.06. The normalized spacial score (nSPS) is 11.7. The molecule has 29 heavy (non-hydrogen) atoms. The van der Waals surface area contributed by atoms with Gasteiger partial charge in [-0.25, -0.2) is 4.98 Å². The van der Waals surface area contributed by atoms with Gasteiger partial charge in [-0.15, -0.1) is 0 Å². The molecule has 1 N–H and O–H groups in total. The summed E-state index contributed by atoms with van der Waals surface area (Å²) in [4.78, 5) is 4.96. The van der Waals surface area contributed by atoms with Crippen LogP contribution >= 0.6 is 11.6 Å². The molecule has 0 spiro atoms. The van der Waals surface area contributed by atoms with E-state index in [0.29, 0.717) is 0 Å². The van der Waals surface area contributed by atoms with Crippen molar-refractivity contribution < 1.29 is 0 Å². The lowest BCUT2D eigenvalue weighted by Gasteiger charge is -2.20. The van der Waals surface area contributed by atoms with E-state index >= 15 is 0 Å². The van der Waals surface area contributed by atoms with Crippen LogP contribution in [-0.2, 0) is 11.8 Å². The van der Waals surface area contributed by atoms with Crippen LogP contribution in [0.25, 0.3) is 16.8 Å². The summed E-state index contributed by atoms with van der Waals surface area (Å²) < 4.78 is 1.89. The molecule has 5 heteroatoms. The van der Waals surface area contributed by atoms with Crippen molar-refractivity contribution in [1.82, 2.24) is 14.6 Å². The van der Waals surface area contributed by atoms with Crippen LogP contribution < -0.4 is 5.32 Å². The van der Waals surface area contributed by atoms with Gasteiger partial charge in [-0.3, -0.25) is 0 Å². The van der Waals surface area contributed by atoms with Crippen LogP contribution in [0, 0.1) is 0 Å². The standard InChI is InChI=1S/C24H25ClN4/c1-24(2,3)21-15-22(26-14-13-17-7-5-4-6-8-17)29-23(28-21)20(16-27-29)18-9-11-19(25)12-10-18/h4-12,15-16,26H,13-14H2,1-3H3. The highest BCUT2D eigenvalue weighted by Gasteiger charge is 2.20. The molecule has 0 saturated heterocycles. The lowest BCUT2D eigenvalue weighted by molar-refractivity contribution is 0.568. The van der Waals surface area contributed by atoms with Crippen molar-refractivity contribution >= 4 is 23.1 Å². The number of hydrogen-bond acceptors (Lipinski definition) is 3. The van der Waals surface area contributed by atoms with Crippen LogP contribution in [-0.4, -0.2) is 21.1 Å². The summed E-state index contributed by atoms with van der Waals surface area (Å²) in [5.74, 6) is 0.955. The Morgan fingerprint density at radius 3 is 2.41 bits per heavy atom. The molecule has 4 rings (SSSR count). The molecule has 0 aliphatic rings. The van der Waals surface area contributed by atoms with Crippen LogP contribution in [0.4, 0.5) is 5.82 Å². The molecule has 0 aliphatic carbocycles. The molecular formula is C24H25ClN4. The van der Waals surface area contributed by atoms with Gasteiger partial charge in [0.1, 0.15) is 5.82 Å². The summed E-state index contributed by atoms with van der Waals surface area (Å²) in [6.07, 6.45) is 2.82. The largest absolute Gasteiger partial charge is 0.370 e. The maximum atomic E-state index is 6.06. The quantitative estimate of drug-likeness (QED) is 0.443. The van der Waals surface area contributed by atoms with Gasteiger partial charge < -0.3 is 5.32 Å². The Morgan fingerprint density at radius 2 is 1.72 bits per heavy atom. The number of halogens is 1. The van der Waals surface area contributed by atoms with Crippen LogP contribution in [0.3, 0.4) is 0 Å². The van der Waals surface area contributed by atoms with Crippen molar-refractivity contribution in [1.29, 1.82) is 0 Å². The summed E-state index contributed by atoms with van der Waals surface area (Å²) in [7, 11) is 0. The van der Waals surface area contributed by atoms with E-state index in [9.17, 15) is 0 Å². The van der Waals surface area contributed by atoms with Crippen LogP contribution in [0.1, 0.15) is 32.0 Å². The molecule has 0 aliphatic heterocycles. The van der Waals surface area contributed by atoms with Gasteiger partial charge >= 0.3 is 0 Å². The molecule has 2 heterocycles. The minimum atomic E-state index is -0.0703. The van der Waals surface area contributed by atoms with E-state index in [1.807, 2.05) is 41.0 Å². The second kappa shape index (κ2) is 7.88. The second-order valence-corrected chi connectivity index (χ2v) is 8.68. The first-order valence-corrected chi connectivity index (χ1v) is 10.2. The molecule has 0 radical (unpaired) electrons. The van der Waals surface area contributed by atoms with Gasteiger partial charge in [0.15, 0.2) is 5.65 Å². The van der Waals surface area contributed by atoms with Gasteiger partial charge in [0.05, 0.1) is 11.9 Å². The van der Waals surface area contributed by atoms with E-state index in [1.54, 1.807) is 0 Å². The first-order valence-electron chi connectivity index (χ1n) is 9.85. The van der Waals surface area contributed by atoms with Crippen molar-refractivity contribution in [3.05, 3.63) is 83.1 Å². The summed E-state index contributed by atoms with van der Waals surface area (Å²) in [6, 6.07) is 20.4. The number of aromatic nitrogens is 3. The topological polar surface area (TPSA) is 42.2 Å². The number of nitrogens with one attached hydrogen (secondary N) is 1. The van der Waals surface area contributed by atoms with E-state index in [-0.39, 0.29) is 5.41 Å². The van der Waals surface area contributed by atoms with Gasteiger partial charge in [0.25, 0.3) is 0 Å². The molecular weight excluding hydrogens is 380 g/mol. The van der Waals surface area contributed by atoms with Crippen LogP contribution in [0.2, 0.25) is 5.02 Å². The Hall–Kier alpha value is -2.85.